The molecule has 9 heteroatoms. The Morgan fingerprint density at radius 2 is 2.08 bits per heavy atom. The molecule has 1 fully saturated rings. The zero-order chi connectivity index (χ0) is 16.6. The summed E-state index contributed by atoms with van der Waals surface area (Å²) in [5, 5.41) is 4.61. The van der Waals surface area contributed by atoms with Gasteiger partial charge in [-0.3, -0.25) is 24.5 Å². The predicted octanol–water partition coefficient (Wildman–Crippen LogP) is 0.707. The van der Waals surface area contributed by atoms with Gasteiger partial charge < -0.3 is 16.0 Å². The van der Waals surface area contributed by atoms with Crippen LogP contribution in [-0.2, 0) is 43.7 Å². The van der Waals surface area contributed by atoms with E-state index >= 15 is 0 Å². The fourth-order valence-electron chi connectivity index (χ4n) is 2.89. The number of carbonyl (C=O) groups is 4. The van der Waals surface area contributed by atoms with Crippen molar-refractivity contribution in [2.75, 3.05) is 0 Å². The van der Waals surface area contributed by atoms with Crippen LogP contribution in [0.2, 0.25) is 0 Å². The molecular formula is C15H15N4O4W-. The van der Waals surface area contributed by atoms with E-state index in [1.807, 2.05) is 0 Å². The molecule has 0 aromatic heterocycles. The molecule has 1 atom stereocenters. The van der Waals surface area contributed by atoms with Gasteiger partial charge in [0.25, 0.3) is 5.91 Å². The van der Waals surface area contributed by atoms with Crippen LogP contribution in [0.25, 0.3) is 5.73 Å². The molecule has 8 nitrogen and oxygen atoms in total. The number of nitrogens with zero attached hydrogens (tertiary/aromatic N) is 1. The van der Waals surface area contributed by atoms with Gasteiger partial charge in [-0.1, -0.05) is 12.1 Å². The number of hydrogen-bond acceptors (Lipinski definition) is 4. The fraction of sp³-hybridized carbons (Fsp3) is 0.333. The molecule has 3 rings (SSSR count). The molecule has 2 aliphatic heterocycles. The molecule has 1 aromatic rings. The zero-order valence-electron chi connectivity index (χ0n) is 12.6. The second-order valence-electron chi connectivity index (χ2n) is 5.57. The monoisotopic (exact) mass is 499 g/mol. The first-order chi connectivity index (χ1) is 11.0. The largest absolute Gasteiger partial charge is 0.447 e. The number of amides is 5. The summed E-state index contributed by atoms with van der Waals surface area (Å²) in [6, 6.07) is 3.70. The number of carbonyl (C=O) groups excluding carboxylic acids is 4. The standard InChI is InChI=1S/C15H16N4O4.W/c16-15(23)17-6-8-1-2-9-7-19(14(22)10(9)5-8)11-3-4-12(20)18-13(11)21;/h1-2,5,11H,3-4,6-7H2,(H4,16,17,18,20,21,23);/p-1. The number of urea groups is 1. The molecule has 0 spiro atoms. The Hall–Kier alpha value is -2.21. The summed E-state index contributed by atoms with van der Waals surface area (Å²) in [6.07, 6.45) is 0.545. The molecule has 1 unspecified atom stereocenters. The van der Waals surface area contributed by atoms with Gasteiger partial charge in [-0.2, -0.15) is 0 Å². The van der Waals surface area contributed by atoms with Gasteiger partial charge in [0.1, 0.15) is 12.1 Å². The summed E-state index contributed by atoms with van der Waals surface area (Å²) >= 11 is 0. The SMILES string of the molecule is [NH-]C(=O)NCc1ccc2c(c1)C(=O)N(C1CCC(=O)NC1=O)C2.[W]. The van der Waals surface area contributed by atoms with E-state index in [-0.39, 0.29) is 45.8 Å². The number of imide groups is 1. The number of nitrogens with one attached hydrogen (secondary N) is 3. The molecule has 0 radical (unpaired) electrons. The number of rotatable bonds is 3. The number of benzene rings is 1. The van der Waals surface area contributed by atoms with E-state index in [0.29, 0.717) is 24.1 Å². The minimum Gasteiger partial charge on any atom is -0.447 e. The molecule has 3 N–H and O–H groups in total. The Labute approximate surface area is 152 Å². The van der Waals surface area contributed by atoms with Crippen molar-refractivity contribution in [3.63, 3.8) is 0 Å². The summed E-state index contributed by atoms with van der Waals surface area (Å²) < 4.78 is 0. The third kappa shape index (κ3) is 3.48. The van der Waals surface area contributed by atoms with Crippen LogP contribution in [0.1, 0.15) is 34.3 Å². The van der Waals surface area contributed by atoms with Crippen molar-refractivity contribution >= 4 is 23.8 Å². The molecule has 0 bridgehead atoms. The van der Waals surface area contributed by atoms with Crippen LogP contribution in [0.4, 0.5) is 4.79 Å². The molecule has 2 heterocycles. The minimum absolute atomic E-state index is 0. The van der Waals surface area contributed by atoms with Gasteiger partial charge >= 0.3 is 0 Å². The van der Waals surface area contributed by atoms with Crippen LogP contribution in [0.15, 0.2) is 18.2 Å². The third-order valence-electron chi connectivity index (χ3n) is 4.05. The Morgan fingerprint density at radius 1 is 1.33 bits per heavy atom. The van der Waals surface area contributed by atoms with Crippen molar-refractivity contribution < 1.29 is 40.2 Å². The van der Waals surface area contributed by atoms with Crippen LogP contribution in [-0.4, -0.2) is 34.7 Å². The van der Waals surface area contributed by atoms with Gasteiger partial charge in [0.2, 0.25) is 11.8 Å². The average molecular weight is 499 g/mol. The third-order valence-corrected chi connectivity index (χ3v) is 4.05. The van der Waals surface area contributed by atoms with E-state index in [4.69, 9.17) is 5.73 Å². The smallest absolute Gasteiger partial charge is 0.255 e. The van der Waals surface area contributed by atoms with Crippen LogP contribution < -0.4 is 10.6 Å². The molecule has 0 aliphatic carbocycles. The Kier molecular flexibility index (Phi) is 5.39. The minimum atomic E-state index is -0.887. The van der Waals surface area contributed by atoms with Gasteiger partial charge in [0, 0.05) is 39.6 Å². The Morgan fingerprint density at radius 3 is 2.75 bits per heavy atom. The van der Waals surface area contributed by atoms with Crippen molar-refractivity contribution in [2.24, 2.45) is 0 Å². The van der Waals surface area contributed by atoms with Gasteiger partial charge in [-0.15, -0.1) is 0 Å². The quantitative estimate of drug-likeness (QED) is 0.596. The van der Waals surface area contributed by atoms with E-state index in [1.54, 1.807) is 18.2 Å². The fourth-order valence-corrected chi connectivity index (χ4v) is 2.89. The molecule has 126 valence electrons. The van der Waals surface area contributed by atoms with E-state index < -0.39 is 18.0 Å². The van der Waals surface area contributed by atoms with Crippen LogP contribution in [0, 0.1) is 0 Å². The van der Waals surface area contributed by atoms with Crippen molar-refractivity contribution in [3.8, 4) is 0 Å². The maximum Gasteiger partial charge on any atom is 0.255 e. The van der Waals surface area contributed by atoms with E-state index in [2.05, 4.69) is 10.6 Å². The number of hydrogen-bond donors (Lipinski definition) is 2. The summed E-state index contributed by atoms with van der Waals surface area (Å²) in [7, 11) is 0. The maximum absolute atomic E-state index is 12.6. The van der Waals surface area contributed by atoms with Crippen molar-refractivity contribution in [2.45, 2.75) is 32.0 Å². The van der Waals surface area contributed by atoms with E-state index in [1.165, 1.54) is 4.90 Å². The molecule has 0 saturated carbocycles. The van der Waals surface area contributed by atoms with Gasteiger partial charge in [-0.05, 0) is 30.2 Å². The van der Waals surface area contributed by atoms with Crippen molar-refractivity contribution in [1.82, 2.24) is 15.5 Å². The van der Waals surface area contributed by atoms with Gasteiger partial charge in [0.15, 0.2) is 0 Å². The molecule has 1 aromatic carbocycles. The first kappa shape index (κ1) is 18.1. The van der Waals surface area contributed by atoms with Crippen molar-refractivity contribution in [1.29, 1.82) is 0 Å². The zero-order valence-corrected chi connectivity index (χ0v) is 15.6. The van der Waals surface area contributed by atoms with Crippen LogP contribution >= 0.6 is 0 Å². The summed E-state index contributed by atoms with van der Waals surface area (Å²) in [4.78, 5) is 47.8. The average Bonchev–Trinajstić information content (AvgIpc) is 2.82. The Bertz CT molecular complexity index is 721. The second kappa shape index (κ2) is 7.13. The topological polar surface area (TPSA) is 119 Å². The Balaban J connectivity index is 0.00000208. The second-order valence-corrected chi connectivity index (χ2v) is 5.57. The summed E-state index contributed by atoms with van der Waals surface area (Å²) in [5.41, 5.74) is 8.84. The number of piperidine rings is 1. The van der Waals surface area contributed by atoms with Crippen LogP contribution in [0.5, 0.6) is 0 Å². The predicted molar refractivity (Wildman–Crippen MR) is 79.0 cm³/mol. The first-order valence-corrected chi connectivity index (χ1v) is 7.21. The van der Waals surface area contributed by atoms with Gasteiger partial charge in [-0.25, -0.2) is 0 Å². The maximum atomic E-state index is 12.6. The normalized spacial score (nSPS) is 19.4. The molecule has 24 heavy (non-hydrogen) atoms. The van der Waals surface area contributed by atoms with Crippen molar-refractivity contribution in [3.05, 3.63) is 40.6 Å². The molecular weight excluding hydrogens is 484 g/mol. The van der Waals surface area contributed by atoms with E-state index in [9.17, 15) is 19.2 Å². The molecule has 1 saturated heterocycles. The first-order valence-electron chi connectivity index (χ1n) is 7.21. The van der Waals surface area contributed by atoms with Crippen LogP contribution in [0.3, 0.4) is 0 Å². The van der Waals surface area contributed by atoms with Gasteiger partial charge in [0.05, 0.1) is 0 Å². The summed E-state index contributed by atoms with van der Waals surface area (Å²) in [6.45, 7) is 0.493. The molecule has 5 amide bonds. The van der Waals surface area contributed by atoms with E-state index in [0.717, 1.165) is 5.56 Å². The number of fused-ring (bicyclic) bond motifs is 1. The molecule has 2 aliphatic rings. The summed E-state index contributed by atoms with van der Waals surface area (Å²) in [5.74, 6) is -1.01.